The fraction of sp³-hybridized carbons (Fsp3) is 0. The van der Waals surface area contributed by atoms with Gasteiger partial charge in [-0.25, -0.2) is 0 Å². The van der Waals surface area contributed by atoms with Gasteiger partial charge in [0.1, 0.15) is 0 Å². The van der Waals surface area contributed by atoms with Crippen molar-refractivity contribution in [1.82, 2.24) is 0 Å². The Morgan fingerprint density at radius 1 is 1.30 bits per heavy atom. The zero-order chi connectivity index (χ0) is 6.53. The molecule has 0 amide bonds. The van der Waals surface area contributed by atoms with E-state index >= 15 is 0 Å². The second-order valence-electron chi connectivity index (χ2n) is 1.60. The van der Waals surface area contributed by atoms with E-state index in [0.29, 0.717) is 0 Å². The first-order valence-corrected chi connectivity index (χ1v) is 2.63. The van der Waals surface area contributed by atoms with E-state index in [1.165, 1.54) is 0 Å². The number of hydrogen-bond donors (Lipinski definition) is 1. The number of nitriles is 1. The summed E-state index contributed by atoms with van der Waals surface area (Å²) < 4.78 is 0. The molecule has 0 saturated carbocycles. The van der Waals surface area contributed by atoms with Crippen LogP contribution in [0, 0.1) is 11.5 Å². The molecule has 0 fully saturated rings. The van der Waals surface area contributed by atoms with Crippen molar-refractivity contribution in [2.24, 2.45) is 0 Å². The number of anilines is 1. The molecule has 46 valence electrons. The van der Waals surface area contributed by atoms with Crippen LogP contribution in [-0.2, 0) is 0 Å². The number of benzene rings is 1. The predicted molar refractivity (Wildman–Crippen MR) is 36.8 cm³/mol. The van der Waals surface area contributed by atoms with Crippen LogP contribution in [0.4, 0.5) is 5.69 Å². The molecule has 1 aromatic carbocycles. The van der Waals surface area contributed by atoms with Gasteiger partial charge in [0.2, 0.25) is 0 Å². The Hall–Kier alpha value is -0.490. The molecule has 0 heterocycles. The second kappa shape index (κ2) is 5.31. The Balaban J connectivity index is 0. The molecule has 0 saturated heterocycles. The third-order valence-corrected chi connectivity index (χ3v) is 0.974. The van der Waals surface area contributed by atoms with Crippen molar-refractivity contribution in [2.45, 2.75) is 0 Å². The fourth-order valence-corrected chi connectivity index (χ4v) is 0.586. The van der Waals surface area contributed by atoms with Gasteiger partial charge in [0.25, 0.3) is 0 Å². The molecule has 1 aromatic rings. The Morgan fingerprint density at radius 2 is 1.90 bits per heavy atom. The largest absolute Gasteiger partial charge is 1.00 e. The van der Waals surface area contributed by atoms with Gasteiger partial charge in [-0.1, -0.05) is 18.2 Å². The van der Waals surface area contributed by atoms with Crippen molar-refractivity contribution in [3.8, 4) is 6.19 Å². The smallest absolute Gasteiger partial charge is 1.00 e. The maximum absolute atomic E-state index is 8.16. The summed E-state index contributed by atoms with van der Waals surface area (Å²) in [5, 5.41) is 10.7. The Morgan fingerprint density at radius 3 is 2.40 bits per heavy atom. The summed E-state index contributed by atoms with van der Waals surface area (Å²) in [7, 11) is 0. The monoisotopic (exact) mass is 142 g/mol. The first-order chi connectivity index (χ1) is 4.43. The van der Waals surface area contributed by atoms with Gasteiger partial charge >= 0.3 is 29.6 Å². The van der Waals surface area contributed by atoms with Crippen LogP contribution in [0.1, 0.15) is 1.43 Å². The summed E-state index contributed by atoms with van der Waals surface area (Å²) in [4.78, 5) is 0. The molecule has 0 unspecified atom stereocenters. The van der Waals surface area contributed by atoms with Gasteiger partial charge in [-0.15, -0.1) is 0 Å². The molecule has 0 aromatic heterocycles. The van der Waals surface area contributed by atoms with Gasteiger partial charge in [-0.3, -0.25) is 5.32 Å². The molecular weight excluding hydrogens is 135 g/mol. The molecule has 0 aliphatic heterocycles. The van der Waals surface area contributed by atoms with Crippen molar-refractivity contribution in [3.63, 3.8) is 0 Å². The third-order valence-electron chi connectivity index (χ3n) is 0.974. The summed E-state index contributed by atoms with van der Waals surface area (Å²) in [5.74, 6) is 0. The van der Waals surface area contributed by atoms with Gasteiger partial charge in [0.05, 0.1) is 0 Å². The van der Waals surface area contributed by atoms with E-state index in [0.717, 1.165) is 5.69 Å². The zero-order valence-corrected chi connectivity index (χ0v) is 7.83. The maximum atomic E-state index is 8.16. The molecule has 0 radical (unpaired) electrons. The van der Waals surface area contributed by atoms with E-state index in [4.69, 9.17) is 5.26 Å². The van der Waals surface area contributed by atoms with Crippen LogP contribution in [0.25, 0.3) is 0 Å². The van der Waals surface area contributed by atoms with Gasteiger partial charge in [0.15, 0.2) is 6.19 Å². The summed E-state index contributed by atoms with van der Waals surface area (Å²) >= 11 is 0. The molecule has 1 N–H and O–H groups in total. The Kier molecular flexibility index (Phi) is 5.05. The average molecular weight is 142 g/mol. The van der Waals surface area contributed by atoms with Crippen LogP contribution < -0.4 is 34.9 Å². The van der Waals surface area contributed by atoms with Crippen molar-refractivity contribution in [2.75, 3.05) is 5.32 Å². The number of rotatable bonds is 1. The summed E-state index contributed by atoms with van der Waals surface area (Å²) in [6, 6.07) is 9.33. The minimum absolute atomic E-state index is 0. The van der Waals surface area contributed by atoms with Crippen LogP contribution in [-0.4, -0.2) is 0 Å². The van der Waals surface area contributed by atoms with Gasteiger partial charge in [0, 0.05) is 5.69 Å². The van der Waals surface area contributed by atoms with Crippen molar-refractivity contribution >= 4 is 5.69 Å². The molecule has 1 rings (SSSR count). The van der Waals surface area contributed by atoms with E-state index < -0.39 is 0 Å². The first kappa shape index (κ1) is 9.51. The number of nitrogens with one attached hydrogen (secondary N) is 1. The van der Waals surface area contributed by atoms with E-state index in [1.807, 2.05) is 36.5 Å². The van der Waals surface area contributed by atoms with Crippen molar-refractivity contribution in [1.29, 1.82) is 5.26 Å². The SMILES string of the molecule is N#CNc1ccccc1.[H-].[Na+]. The quantitative estimate of drug-likeness (QED) is 0.300. The van der Waals surface area contributed by atoms with E-state index in [2.05, 4.69) is 5.32 Å². The molecule has 10 heavy (non-hydrogen) atoms. The van der Waals surface area contributed by atoms with Crippen LogP contribution in [0.15, 0.2) is 30.3 Å². The first-order valence-electron chi connectivity index (χ1n) is 2.63. The second-order valence-corrected chi connectivity index (χ2v) is 1.60. The summed E-state index contributed by atoms with van der Waals surface area (Å²) in [6.45, 7) is 0. The molecule has 0 aliphatic carbocycles. The average Bonchev–Trinajstić information content (AvgIpc) is 1.91. The zero-order valence-electron chi connectivity index (χ0n) is 6.83. The third kappa shape index (κ3) is 2.88. The number of hydrogen-bond acceptors (Lipinski definition) is 2. The summed E-state index contributed by atoms with van der Waals surface area (Å²) in [6.07, 6.45) is 1.83. The minimum atomic E-state index is 0. The van der Waals surface area contributed by atoms with Crippen LogP contribution >= 0.6 is 0 Å². The molecule has 0 aliphatic rings. The maximum Gasteiger partial charge on any atom is 1.00 e. The van der Waals surface area contributed by atoms with Crippen LogP contribution in [0.3, 0.4) is 0 Å². The Labute approximate surface area is 83.6 Å². The molecular formula is C7H7N2Na. The molecule has 3 heteroatoms. The fourth-order valence-electron chi connectivity index (χ4n) is 0.586. The number of nitrogens with zero attached hydrogens (tertiary/aromatic N) is 1. The molecule has 0 spiro atoms. The topological polar surface area (TPSA) is 35.8 Å². The standard InChI is InChI=1S/C7H6N2.Na.H/c8-6-9-7-4-2-1-3-5-7;;/h1-5,9H;;/q;+1;-1. The van der Waals surface area contributed by atoms with E-state index in [1.54, 1.807) is 0 Å². The van der Waals surface area contributed by atoms with Crippen molar-refractivity contribution < 1.29 is 31.0 Å². The van der Waals surface area contributed by atoms with Crippen molar-refractivity contribution in [3.05, 3.63) is 30.3 Å². The van der Waals surface area contributed by atoms with E-state index in [9.17, 15) is 0 Å². The predicted octanol–water partition coefficient (Wildman–Crippen LogP) is -1.30. The molecule has 0 atom stereocenters. The normalized spacial score (nSPS) is 7.10. The Bertz CT molecular complexity index is 220. The van der Waals surface area contributed by atoms with Crippen LogP contribution in [0.5, 0.6) is 0 Å². The van der Waals surface area contributed by atoms with Gasteiger partial charge in [-0.2, -0.15) is 5.26 Å². The van der Waals surface area contributed by atoms with Gasteiger partial charge < -0.3 is 1.43 Å². The number of para-hydroxylation sites is 1. The van der Waals surface area contributed by atoms with E-state index in [-0.39, 0.29) is 31.0 Å². The minimum Gasteiger partial charge on any atom is -1.00 e. The molecule has 2 nitrogen and oxygen atoms in total. The van der Waals surface area contributed by atoms with Crippen LogP contribution in [0.2, 0.25) is 0 Å². The molecule has 0 bridgehead atoms. The summed E-state index contributed by atoms with van der Waals surface area (Å²) in [5.41, 5.74) is 0.833. The van der Waals surface area contributed by atoms with Gasteiger partial charge in [-0.05, 0) is 12.1 Å².